The highest BCUT2D eigenvalue weighted by atomic mass is 32.1. The second kappa shape index (κ2) is 6.98. The summed E-state index contributed by atoms with van der Waals surface area (Å²) in [6, 6.07) is 9.51. The lowest BCUT2D eigenvalue weighted by Crippen LogP contribution is -2.45. The molecule has 3 heterocycles. The Kier molecular flexibility index (Phi) is 4.65. The molecule has 2 aliphatic rings. The van der Waals surface area contributed by atoms with Crippen molar-refractivity contribution < 1.29 is 19.1 Å². The van der Waals surface area contributed by atoms with Crippen molar-refractivity contribution in [3.05, 3.63) is 51.2 Å². The molecule has 7 heteroatoms. The van der Waals surface area contributed by atoms with Crippen LogP contribution in [0.2, 0.25) is 0 Å². The zero-order valence-electron chi connectivity index (χ0n) is 15.2. The molecule has 1 saturated heterocycles. The van der Waals surface area contributed by atoms with Crippen LogP contribution in [0.15, 0.2) is 30.3 Å². The number of piperidine rings is 1. The number of nitrogens with two attached hydrogens (primary N) is 1. The fourth-order valence-corrected chi connectivity index (χ4v) is 4.80. The molecule has 1 aromatic heterocycles. The number of fused-ring (bicyclic) bond motifs is 2. The zero-order chi connectivity index (χ0) is 19.0. The average Bonchev–Trinajstić information content (AvgIpc) is 3.33. The van der Waals surface area contributed by atoms with Crippen molar-refractivity contribution in [3.63, 3.8) is 0 Å². The van der Waals surface area contributed by atoms with E-state index in [4.69, 9.17) is 15.2 Å². The minimum atomic E-state index is -0.410. The Hall–Kier alpha value is -2.38. The van der Waals surface area contributed by atoms with Crippen LogP contribution < -0.4 is 10.5 Å². The van der Waals surface area contributed by atoms with Crippen LogP contribution in [0.3, 0.4) is 0 Å². The third-order valence-electron chi connectivity index (χ3n) is 5.57. The van der Waals surface area contributed by atoms with Crippen molar-refractivity contribution in [1.29, 1.82) is 0 Å². The van der Waals surface area contributed by atoms with E-state index in [9.17, 15) is 9.59 Å². The third kappa shape index (κ3) is 3.11. The zero-order valence-corrected chi connectivity index (χ0v) is 16.0. The van der Waals surface area contributed by atoms with Crippen molar-refractivity contribution >= 4 is 23.2 Å². The van der Waals surface area contributed by atoms with Gasteiger partial charge in [0.05, 0.1) is 18.6 Å². The molecule has 1 amide bonds. The van der Waals surface area contributed by atoms with Crippen LogP contribution in [-0.2, 0) is 16.7 Å². The molecule has 0 saturated carbocycles. The van der Waals surface area contributed by atoms with Crippen LogP contribution in [0.4, 0.5) is 0 Å². The largest absolute Gasteiger partial charge is 0.492 e. The van der Waals surface area contributed by atoms with E-state index in [1.54, 1.807) is 12.1 Å². The van der Waals surface area contributed by atoms with Gasteiger partial charge >= 0.3 is 5.97 Å². The van der Waals surface area contributed by atoms with Gasteiger partial charge < -0.3 is 20.1 Å². The predicted molar refractivity (Wildman–Crippen MR) is 102 cm³/mol. The van der Waals surface area contributed by atoms with E-state index >= 15 is 0 Å². The molecule has 0 aliphatic carbocycles. The highest BCUT2D eigenvalue weighted by Crippen LogP contribution is 2.46. The fourth-order valence-electron chi connectivity index (χ4n) is 3.91. The van der Waals surface area contributed by atoms with Crippen LogP contribution >= 0.6 is 11.3 Å². The van der Waals surface area contributed by atoms with Gasteiger partial charge in [-0.1, -0.05) is 12.1 Å². The molecule has 6 nitrogen and oxygen atoms in total. The number of likely N-dealkylation sites (tertiary alicyclic amines) is 1. The van der Waals surface area contributed by atoms with Gasteiger partial charge in [-0.25, -0.2) is 4.79 Å². The first-order chi connectivity index (χ1) is 13.1. The molecule has 27 heavy (non-hydrogen) atoms. The van der Waals surface area contributed by atoms with Gasteiger partial charge in [0.2, 0.25) is 0 Å². The van der Waals surface area contributed by atoms with Crippen molar-refractivity contribution in [2.45, 2.75) is 24.8 Å². The summed E-state index contributed by atoms with van der Waals surface area (Å²) in [6.07, 6.45) is 1.71. The number of hydrogen-bond donors (Lipinski definition) is 1. The number of ether oxygens (including phenoxy) is 2. The maximum Gasteiger partial charge on any atom is 0.348 e. The first-order valence-corrected chi connectivity index (χ1v) is 9.82. The molecule has 142 valence electrons. The Balaban J connectivity index is 1.48. The summed E-state index contributed by atoms with van der Waals surface area (Å²) in [5, 5.41) is 0. The van der Waals surface area contributed by atoms with Crippen LogP contribution in [0.5, 0.6) is 5.75 Å². The first-order valence-electron chi connectivity index (χ1n) is 9.00. The molecular weight excluding hydrogens is 364 g/mol. The van der Waals surface area contributed by atoms with E-state index < -0.39 is 5.97 Å². The van der Waals surface area contributed by atoms with Gasteiger partial charge in [-0.3, -0.25) is 4.79 Å². The molecule has 0 unspecified atom stereocenters. The molecule has 4 rings (SSSR count). The normalized spacial score (nSPS) is 17.5. The lowest BCUT2D eigenvalue weighted by Gasteiger charge is -2.38. The molecule has 0 bridgehead atoms. The number of hydrogen-bond acceptors (Lipinski definition) is 6. The molecule has 2 N–H and O–H groups in total. The van der Waals surface area contributed by atoms with Crippen molar-refractivity contribution in [3.8, 4) is 5.75 Å². The second-order valence-electron chi connectivity index (χ2n) is 7.05. The molecule has 1 aromatic carbocycles. The monoisotopic (exact) mass is 386 g/mol. The maximum absolute atomic E-state index is 12.8. The van der Waals surface area contributed by atoms with Gasteiger partial charge in [-0.2, -0.15) is 0 Å². The summed E-state index contributed by atoms with van der Waals surface area (Å²) in [5.41, 5.74) is 8.08. The van der Waals surface area contributed by atoms with Crippen LogP contribution in [0, 0.1) is 0 Å². The minimum Gasteiger partial charge on any atom is -0.492 e. The van der Waals surface area contributed by atoms with Gasteiger partial charge in [-0.15, -0.1) is 11.3 Å². The SMILES string of the molecule is COC(=O)c1ccc(C(=O)N2CCC3(CC2)COc2ccc(CN)cc23)s1. The van der Waals surface area contributed by atoms with Crippen molar-refractivity contribution in [2.24, 2.45) is 5.73 Å². The number of rotatable bonds is 3. The van der Waals surface area contributed by atoms with E-state index in [1.807, 2.05) is 17.0 Å². The third-order valence-corrected chi connectivity index (χ3v) is 6.62. The Morgan fingerprint density at radius 3 is 2.67 bits per heavy atom. The summed E-state index contributed by atoms with van der Waals surface area (Å²) < 4.78 is 10.6. The Labute approximate surface area is 161 Å². The van der Waals surface area contributed by atoms with Gasteiger partial charge in [0, 0.05) is 30.6 Å². The van der Waals surface area contributed by atoms with Crippen LogP contribution in [-0.4, -0.2) is 43.6 Å². The smallest absolute Gasteiger partial charge is 0.348 e. The topological polar surface area (TPSA) is 81.9 Å². The summed E-state index contributed by atoms with van der Waals surface area (Å²) in [7, 11) is 1.34. The summed E-state index contributed by atoms with van der Waals surface area (Å²) in [6.45, 7) is 2.50. The number of methoxy groups -OCH3 is 1. The molecule has 1 spiro atoms. The number of nitrogens with zero attached hydrogens (tertiary/aromatic N) is 1. The number of carbonyl (C=O) groups is 2. The lowest BCUT2D eigenvalue weighted by atomic mass is 9.74. The fraction of sp³-hybridized carbons (Fsp3) is 0.400. The van der Waals surface area contributed by atoms with Crippen LogP contribution in [0.25, 0.3) is 0 Å². The first kappa shape index (κ1) is 18.0. The highest BCUT2D eigenvalue weighted by molar-refractivity contribution is 7.15. The number of thiophene rings is 1. The Morgan fingerprint density at radius 2 is 1.96 bits per heavy atom. The summed E-state index contributed by atoms with van der Waals surface area (Å²) in [4.78, 5) is 27.3. The average molecular weight is 386 g/mol. The minimum absolute atomic E-state index is 0.0279. The summed E-state index contributed by atoms with van der Waals surface area (Å²) >= 11 is 1.18. The summed E-state index contributed by atoms with van der Waals surface area (Å²) in [5.74, 6) is 0.500. The molecule has 2 aromatic rings. The van der Waals surface area contributed by atoms with E-state index in [0.29, 0.717) is 36.0 Å². The molecular formula is C20H22N2O4S. The predicted octanol–water partition coefficient (Wildman–Crippen LogP) is 2.56. The van der Waals surface area contributed by atoms with Crippen molar-refractivity contribution in [2.75, 3.05) is 26.8 Å². The van der Waals surface area contributed by atoms with Crippen LogP contribution in [0.1, 0.15) is 43.3 Å². The Morgan fingerprint density at radius 1 is 1.22 bits per heavy atom. The van der Waals surface area contributed by atoms with Crippen molar-refractivity contribution in [1.82, 2.24) is 4.90 Å². The molecule has 2 aliphatic heterocycles. The quantitative estimate of drug-likeness (QED) is 0.820. The van der Waals surface area contributed by atoms with Gasteiger partial charge in [0.15, 0.2) is 0 Å². The van der Waals surface area contributed by atoms with Gasteiger partial charge in [0.25, 0.3) is 5.91 Å². The van der Waals surface area contributed by atoms with Gasteiger partial charge in [0.1, 0.15) is 10.6 Å². The van der Waals surface area contributed by atoms with E-state index in [0.717, 1.165) is 24.2 Å². The van der Waals surface area contributed by atoms with Gasteiger partial charge in [-0.05, 0) is 36.6 Å². The number of amides is 1. The Bertz CT molecular complexity index is 884. The molecule has 1 fully saturated rings. The highest BCUT2D eigenvalue weighted by Gasteiger charge is 2.44. The standard InChI is InChI=1S/C20H22N2O4S/c1-25-19(24)17-5-4-16(27-17)18(23)22-8-6-20(7-9-22)12-26-15-3-2-13(11-21)10-14(15)20/h2-5,10H,6-9,11-12,21H2,1H3. The molecule has 0 radical (unpaired) electrons. The molecule has 0 atom stereocenters. The van der Waals surface area contributed by atoms with E-state index in [1.165, 1.54) is 24.0 Å². The lowest BCUT2D eigenvalue weighted by molar-refractivity contribution is 0.0605. The van der Waals surface area contributed by atoms with E-state index in [2.05, 4.69) is 6.07 Å². The van der Waals surface area contributed by atoms with E-state index in [-0.39, 0.29) is 11.3 Å². The second-order valence-corrected chi connectivity index (χ2v) is 8.14. The number of esters is 1. The number of benzene rings is 1. The number of carbonyl (C=O) groups excluding carboxylic acids is 2. The maximum atomic E-state index is 12.8.